The number of benzene rings is 1. The standard InChI is InChI=1S/C10H8ClNO2/c11-8-1-2-9-6(4-8)3-7(5-13)10(14)12-9/h1-5,10,12,14H. The van der Waals surface area contributed by atoms with Gasteiger partial charge in [0.05, 0.1) is 0 Å². The van der Waals surface area contributed by atoms with Crippen molar-refractivity contribution in [3.63, 3.8) is 0 Å². The van der Waals surface area contributed by atoms with Gasteiger partial charge >= 0.3 is 0 Å². The van der Waals surface area contributed by atoms with Gasteiger partial charge in [-0.1, -0.05) is 11.6 Å². The number of carbonyl (C=O) groups excluding carboxylic acids is 1. The fourth-order valence-corrected chi connectivity index (χ4v) is 1.55. The van der Waals surface area contributed by atoms with Crippen molar-refractivity contribution in [3.05, 3.63) is 34.4 Å². The van der Waals surface area contributed by atoms with E-state index in [-0.39, 0.29) is 0 Å². The molecular weight excluding hydrogens is 202 g/mol. The first-order valence-electron chi connectivity index (χ1n) is 4.11. The highest BCUT2D eigenvalue weighted by molar-refractivity contribution is 6.30. The minimum absolute atomic E-state index is 0.305. The highest BCUT2D eigenvalue weighted by atomic mass is 35.5. The predicted octanol–water partition coefficient (Wildman–Crippen LogP) is 1.67. The Hall–Kier alpha value is -1.32. The van der Waals surface area contributed by atoms with Gasteiger partial charge in [0, 0.05) is 16.3 Å². The molecule has 72 valence electrons. The van der Waals surface area contributed by atoms with Crippen LogP contribution in [-0.2, 0) is 4.79 Å². The van der Waals surface area contributed by atoms with Gasteiger partial charge in [0.25, 0.3) is 0 Å². The SMILES string of the molecule is O=CC1=Cc2cc(Cl)ccc2NC1O. The van der Waals surface area contributed by atoms with Crippen LogP contribution in [0.4, 0.5) is 5.69 Å². The summed E-state index contributed by atoms with van der Waals surface area (Å²) in [6.45, 7) is 0. The summed E-state index contributed by atoms with van der Waals surface area (Å²) in [6, 6.07) is 5.22. The Morgan fingerprint density at radius 2 is 2.29 bits per heavy atom. The zero-order valence-corrected chi connectivity index (χ0v) is 7.95. The minimum Gasteiger partial charge on any atom is -0.369 e. The van der Waals surface area contributed by atoms with E-state index >= 15 is 0 Å². The molecule has 4 heteroatoms. The Balaban J connectivity index is 2.51. The van der Waals surface area contributed by atoms with E-state index in [0.717, 1.165) is 11.3 Å². The maximum atomic E-state index is 10.6. The highest BCUT2D eigenvalue weighted by Crippen LogP contribution is 2.27. The van der Waals surface area contributed by atoms with Crippen LogP contribution in [0.2, 0.25) is 5.02 Å². The van der Waals surface area contributed by atoms with Crippen molar-refractivity contribution in [2.75, 3.05) is 5.32 Å². The van der Waals surface area contributed by atoms with Gasteiger partial charge < -0.3 is 10.4 Å². The molecule has 0 radical (unpaired) electrons. The predicted molar refractivity (Wildman–Crippen MR) is 55.1 cm³/mol. The maximum Gasteiger partial charge on any atom is 0.154 e. The number of nitrogens with one attached hydrogen (secondary N) is 1. The third-order valence-electron chi connectivity index (χ3n) is 2.08. The van der Waals surface area contributed by atoms with E-state index in [1.165, 1.54) is 0 Å². The van der Waals surface area contributed by atoms with Crippen LogP contribution in [0.1, 0.15) is 5.56 Å². The molecule has 0 spiro atoms. The Labute approximate surface area is 86.0 Å². The molecule has 0 bridgehead atoms. The number of aliphatic hydroxyl groups excluding tert-OH is 1. The van der Waals surface area contributed by atoms with Gasteiger partial charge in [0.1, 0.15) is 0 Å². The fraction of sp³-hybridized carbons (Fsp3) is 0.100. The molecule has 0 amide bonds. The number of hydrogen-bond donors (Lipinski definition) is 2. The molecule has 1 unspecified atom stereocenters. The first-order valence-corrected chi connectivity index (χ1v) is 4.49. The summed E-state index contributed by atoms with van der Waals surface area (Å²) in [6.07, 6.45) is 1.32. The number of rotatable bonds is 1. The lowest BCUT2D eigenvalue weighted by atomic mass is 10.0. The van der Waals surface area contributed by atoms with E-state index in [9.17, 15) is 9.90 Å². The molecule has 14 heavy (non-hydrogen) atoms. The molecule has 0 aliphatic carbocycles. The molecule has 1 aromatic rings. The second-order valence-electron chi connectivity index (χ2n) is 3.04. The van der Waals surface area contributed by atoms with Crippen LogP contribution in [0.25, 0.3) is 6.08 Å². The van der Waals surface area contributed by atoms with E-state index in [1.54, 1.807) is 24.3 Å². The van der Waals surface area contributed by atoms with Gasteiger partial charge in [0.15, 0.2) is 12.5 Å². The molecule has 1 aromatic carbocycles. The fourth-order valence-electron chi connectivity index (χ4n) is 1.37. The molecule has 0 fully saturated rings. The number of aliphatic hydroxyl groups is 1. The molecule has 0 saturated carbocycles. The smallest absolute Gasteiger partial charge is 0.154 e. The summed E-state index contributed by atoms with van der Waals surface area (Å²) in [5.74, 6) is 0. The zero-order valence-electron chi connectivity index (χ0n) is 7.20. The molecule has 0 saturated heterocycles. The maximum absolute atomic E-state index is 10.6. The summed E-state index contributed by atoms with van der Waals surface area (Å²) < 4.78 is 0. The third kappa shape index (κ3) is 1.52. The van der Waals surface area contributed by atoms with Crippen molar-refractivity contribution in [1.29, 1.82) is 0 Å². The second kappa shape index (κ2) is 3.44. The monoisotopic (exact) mass is 209 g/mol. The van der Waals surface area contributed by atoms with Crippen LogP contribution in [0.15, 0.2) is 23.8 Å². The van der Waals surface area contributed by atoms with E-state index in [4.69, 9.17) is 11.6 Å². The first-order chi connectivity index (χ1) is 6.70. The van der Waals surface area contributed by atoms with Crippen LogP contribution in [0.3, 0.4) is 0 Å². The Bertz CT molecular complexity index is 415. The van der Waals surface area contributed by atoms with Gasteiger partial charge in [-0.25, -0.2) is 0 Å². The van der Waals surface area contributed by atoms with Gasteiger partial charge in [-0.3, -0.25) is 4.79 Å². The van der Waals surface area contributed by atoms with Crippen molar-refractivity contribution in [2.24, 2.45) is 0 Å². The van der Waals surface area contributed by atoms with Crippen LogP contribution in [0, 0.1) is 0 Å². The summed E-state index contributed by atoms with van der Waals surface area (Å²) in [7, 11) is 0. The topological polar surface area (TPSA) is 49.3 Å². The molecule has 3 nitrogen and oxygen atoms in total. The summed E-state index contributed by atoms with van der Waals surface area (Å²) in [4.78, 5) is 10.6. The number of anilines is 1. The first kappa shape index (κ1) is 9.24. The molecule has 0 aromatic heterocycles. The summed E-state index contributed by atoms with van der Waals surface area (Å²) in [5.41, 5.74) is 1.89. The Morgan fingerprint density at radius 1 is 1.50 bits per heavy atom. The van der Waals surface area contributed by atoms with Gasteiger partial charge in [-0.05, 0) is 29.8 Å². The second-order valence-corrected chi connectivity index (χ2v) is 3.48. The van der Waals surface area contributed by atoms with Crippen LogP contribution < -0.4 is 5.32 Å². The van der Waals surface area contributed by atoms with Crippen LogP contribution >= 0.6 is 11.6 Å². The quantitative estimate of drug-likeness (QED) is 0.692. The van der Waals surface area contributed by atoms with Crippen molar-refractivity contribution >= 4 is 29.7 Å². The zero-order chi connectivity index (χ0) is 10.1. The molecule has 2 rings (SSSR count). The number of hydrogen-bond acceptors (Lipinski definition) is 3. The van der Waals surface area contributed by atoms with Crippen molar-refractivity contribution in [1.82, 2.24) is 0 Å². The van der Waals surface area contributed by atoms with Gasteiger partial charge in [0.2, 0.25) is 0 Å². The lowest BCUT2D eigenvalue weighted by Crippen LogP contribution is -2.25. The normalized spacial score (nSPS) is 19.3. The lowest BCUT2D eigenvalue weighted by Gasteiger charge is -2.21. The van der Waals surface area contributed by atoms with E-state index in [2.05, 4.69) is 5.32 Å². The number of fused-ring (bicyclic) bond motifs is 1. The molecule has 1 aliphatic rings. The van der Waals surface area contributed by atoms with Crippen molar-refractivity contribution in [3.8, 4) is 0 Å². The van der Waals surface area contributed by atoms with Gasteiger partial charge in [-0.2, -0.15) is 0 Å². The number of halogens is 1. The average Bonchev–Trinajstić information content (AvgIpc) is 2.17. The van der Waals surface area contributed by atoms with Crippen LogP contribution in [0.5, 0.6) is 0 Å². The van der Waals surface area contributed by atoms with Crippen molar-refractivity contribution in [2.45, 2.75) is 6.23 Å². The molecular formula is C10H8ClNO2. The lowest BCUT2D eigenvalue weighted by molar-refractivity contribution is -0.105. The summed E-state index contributed by atoms with van der Waals surface area (Å²) >= 11 is 5.80. The number of aldehydes is 1. The third-order valence-corrected chi connectivity index (χ3v) is 2.31. The Kier molecular flexibility index (Phi) is 2.27. The molecule has 1 atom stereocenters. The van der Waals surface area contributed by atoms with E-state index in [1.807, 2.05) is 0 Å². The summed E-state index contributed by atoms with van der Waals surface area (Å²) in [5, 5.41) is 12.8. The van der Waals surface area contributed by atoms with Crippen LogP contribution in [-0.4, -0.2) is 17.6 Å². The molecule has 1 heterocycles. The minimum atomic E-state index is -0.929. The Morgan fingerprint density at radius 3 is 3.00 bits per heavy atom. The number of carbonyl (C=O) groups is 1. The van der Waals surface area contributed by atoms with E-state index in [0.29, 0.717) is 16.9 Å². The molecule has 2 N–H and O–H groups in total. The largest absolute Gasteiger partial charge is 0.369 e. The van der Waals surface area contributed by atoms with Crippen molar-refractivity contribution < 1.29 is 9.90 Å². The average molecular weight is 210 g/mol. The van der Waals surface area contributed by atoms with E-state index < -0.39 is 6.23 Å². The van der Waals surface area contributed by atoms with Gasteiger partial charge in [-0.15, -0.1) is 0 Å². The molecule has 1 aliphatic heterocycles. The highest BCUT2D eigenvalue weighted by Gasteiger charge is 2.17.